The van der Waals surface area contributed by atoms with Crippen LogP contribution in [-0.4, -0.2) is 9.55 Å². The van der Waals surface area contributed by atoms with Gasteiger partial charge in [0.25, 0.3) is 5.56 Å². The van der Waals surface area contributed by atoms with Crippen molar-refractivity contribution in [3.8, 4) is 17.6 Å². The van der Waals surface area contributed by atoms with Crippen molar-refractivity contribution in [1.29, 1.82) is 5.26 Å². The van der Waals surface area contributed by atoms with Gasteiger partial charge < -0.3 is 4.74 Å². The zero-order valence-electron chi connectivity index (χ0n) is 13.7. The predicted octanol–water partition coefficient (Wildman–Crippen LogP) is 4.00. The van der Waals surface area contributed by atoms with Gasteiger partial charge in [-0.1, -0.05) is 0 Å². The van der Waals surface area contributed by atoms with E-state index in [2.05, 4.69) is 20.9 Å². The van der Waals surface area contributed by atoms with Gasteiger partial charge in [-0.2, -0.15) is 5.26 Å². The van der Waals surface area contributed by atoms with E-state index in [-0.39, 0.29) is 28.1 Å². The maximum atomic E-state index is 14.1. The third-order valence-corrected chi connectivity index (χ3v) is 4.33. The Morgan fingerprint density at radius 1 is 1.11 bits per heavy atom. The highest BCUT2D eigenvalue weighted by Crippen LogP contribution is 2.23. The summed E-state index contributed by atoms with van der Waals surface area (Å²) in [5.41, 5.74) is -1.84. The molecule has 0 saturated heterocycles. The van der Waals surface area contributed by atoms with E-state index >= 15 is 0 Å². The molecule has 10 heteroatoms. The minimum absolute atomic E-state index is 0.0171. The molecule has 0 N–H and O–H groups in total. The third kappa shape index (κ3) is 3.75. The van der Waals surface area contributed by atoms with Crippen LogP contribution >= 0.6 is 15.9 Å². The quantitative estimate of drug-likeness (QED) is 0.559. The van der Waals surface area contributed by atoms with Crippen LogP contribution in [0, 0.1) is 34.6 Å². The number of rotatable bonds is 4. The first-order chi connectivity index (χ1) is 13.3. The Hall–Kier alpha value is -3.19. The van der Waals surface area contributed by atoms with Gasteiger partial charge >= 0.3 is 0 Å². The fraction of sp³-hybridized carbons (Fsp3) is 0.0556. The summed E-state index contributed by atoms with van der Waals surface area (Å²) in [5.74, 6) is -4.11. The zero-order valence-corrected chi connectivity index (χ0v) is 15.3. The summed E-state index contributed by atoms with van der Waals surface area (Å²) in [4.78, 5) is 16.2. The molecule has 1 aromatic heterocycles. The van der Waals surface area contributed by atoms with Crippen LogP contribution in [0.4, 0.5) is 17.6 Å². The maximum absolute atomic E-state index is 14.1. The van der Waals surface area contributed by atoms with Crippen molar-refractivity contribution in [1.82, 2.24) is 9.55 Å². The van der Waals surface area contributed by atoms with Crippen LogP contribution in [0.3, 0.4) is 0 Å². The number of hydrogen-bond acceptors (Lipinski definition) is 4. The average Bonchev–Trinajstić information content (AvgIpc) is 2.65. The number of nitrogens with zero attached hydrogens (tertiary/aromatic N) is 3. The average molecular weight is 454 g/mol. The molecule has 0 fully saturated rings. The summed E-state index contributed by atoms with van der Waals surface area (Å²) >= 11 is 2.94. The molecular formula is C18H8BrF4N3O2. The first-order valence-corrected chi connectivity index (χ1v) is 8.34. The van der Waals surface area contributed by atoms with Crippen molar-refractivity contribution in [2.45, 2.75) is 6.61 Å². The lowest BCUT2D eigenvalue weighted by Gasteiger charge is -2.12. The molecule has 0 spiro atoms. The van der Waals surface area contributed by atoms with E-state index in [9.17, 15) is 22.4 Å². The summed E-state index contributed by atoms with van der Waals surface area (Å²) < 4.78 is 60.4. The van der Waals surface area contributed by atoms with E-state index in [4.69, 9.17) is 10.00 Å². The van der Waals surface area contributed by atoms with Crippen molar-refractivity contribution in [2.24, 2.45) is 0 Å². The molecule has 3 aromatic rings. The summed E-state index contributed by atoms with van der Waals surface area (Å²) in [5, 5.41) is 8.74. The first-order valence-electron chi connectivity index (χ1n) is 7.55. The highest BCUT2D eigenvalue weighted by molar-refractivity contribution is 9.10. The minimum atomic E-state index is -1.13. The molecule has 2 aromatic carbocycles. The number of ether oxygens (including phenoxy) is 1. The van der Waals surface area contributed by atoms with Gasteiger partial charge in [0.15, 0.2) is 11.6 Å². The number of nitriles is 1. The SMILES string of the molecule is N#Cc1cc(F)c(-n2cnc(OCc3ccc(F)cc3F)c(Br)c2=O)c(F)c1. The zero-order chi connectivity index (χ0) is 20.4. The van der Waals surface area contributed by atoms with Crippen LogP contribution in [0.1, 0.15) is 11.1 Å². The van der Waals surface area contributed by atoms with Gasteiger partial charge in [-0.15, -0.1) is 0 Å². The Kier molecular flexibility index (Phi) is 5.46. The van der Waals surface area contributed by atoms with Crippen LogP contribution in [-0.2, 0) is 6.61 Å². The summed E-state index contributed by atoms with van der Waals surface area (Å²) in [6.07, 6.45) is 0.830. The van der Waals surface area contributed by atoms with Crippen LogP contribution in [0.15, 0.2) is 45.9 Å². The van der Waals surface area contributed by atoms with Crippen molar-refractivity contribution >= 4 is 15.9 Å². The maximum Gasteiger partial charge on any atom is 0.276 e. The highest BCUT2D eigenvalue weighted by atomic mass is 79.9. The van der Waals surface area contributed by atoms with Gasteiger partial charge in [-0.25, -0.2) is 22.5 Å². The van der Waals surface area contributed by atoms with Gasteiger partial charge in [0.1, 0.15) is 34.7 Å². The van der Waals surface area contributed by atoms with Gasteiger partial charge in [0.2, 0.25) is 5.88 Å². The fourth-order valence-corrected chi connectivity index (χ4v) is 2.73. The van der Waals surface area contributed by atoms with Crippen LogP contribution < -0.4 is 10.3 Å². The Balaban J connectivity index is 1.94. The van der Waals surface area contributed by atoms with E-state index in [1.165, 1.54) is 6.07 Å². The van der Waals surface area contributed by atoms with Crippen molar-refractivity contribution < 1.29 is 22.3 Å². The van der Waals surface area contributed by atoms with Crippen molar-refractivity contribution in [3.05, 3.63) is 85.9 Å². The standard InChI is InChI=1S/C18H8BrF4N3O2/c19-15-17(28-7-10-1-2-11(20)5-12(10)21)25-8-26(18(15)27)16-13(22)3-9(6-24)4-14(16)23/h1-5,8H,7H2. The Bertz CT molecular complexity index is 1150. The minimum Gasteiger partial charge on any atom is -0.472 e. The fourth-order valence-electron chi connectivity index (χ4n) is 2.32. The summed E-state index contributed by atoms with van der Waals surface area (Å²) in [6.45, 7) is -0.360. The van der Waals surface area contributed by atoms with Gasteiger partial charge in [0, 0.05) is 11.6 Å². The lowest BCUT2D eigenvalue weighted by Crippen LogP contribution is -2.22. The summed E-state index contributed by atoms with van der Waals surface area (Å²) in [7, 11) is 0. The normalized spacial score (nSPS) is 10.6. The van der Waals surface area contributed by atoms with Crippen molar-refractivity contribution in [2.75, 3.05) is 0 Å². The second-order valence-corrected chi connectivity index (χ2v) is 6.26. The molecule has 1 heterocycles. The van der Waals surface area contributed by atoms with E-state index < -0.39 is 34.5 Å². The molecule has 0 aliphatic carbocycles. The first kappa shape index (κ1) is 19.6. The van der Waals surface area contributed by atoms with E-state index in [0.717, 1.165) is 24.5 Å². The van der Waals surface area contributed by atoms with E-state index in [1.54, 1.807) is 6.07 Å². The molecule has 0 radical (unpaired) electrons. The Morgan fingerprint density at radius 2 is 1.79 bits per heavy atom. The Morgan fingerprint density at radius 3 is 2.39 bits per heavy atom. The molecule has 3 rings (SSSR count). The van der Waals surface area contributed by atoms with E-state index in [0.29, 0.717) is 10.6 Å². The van der Waals surface area contributed by atoms with Crippen molar-refractivity contribution in [3.63, 3.8) is 0 Å². The molecule has 0 atom stereocenters. The molecule has 0 saturated carbocycles. The molecule has 0 amide bonds. The highest BCUT2D eigenvalue weighted by Gasteiger charge is 2.19. The van der Waals surface area contributed by atoms with Gasteiger partial charge in [-0.3, -0.25) is 9.36 Å². The third-order valence-electron chi connectivity index (χ3n) is 3.65. The monoisotopic (exact) mass is 453 g/mol. The number of hydrogen-bond donors (Lipinski definition) is 0. The number of halogens is 5. The molecule has 5 nitrogen and oxygen atoms in total. The Labute approximate surface area is 163 Å². The van der Waals surface area contributed by atoms with E-state index in [1.807, 2.05) is 0 Å². The number of aromatic nitrogens is 2. The molecule has 0 unspecified atom stereocenters. The lowest BCUT2D eigenvalue weighted by molar-refractivity contribution is 0.284. The molecule has 0 aliphatic heterocycles. The second kappa shape index (κ2) is 7.82. The lowest BCUT2D eigenvalue weighted by atomic mass is 10.2. The molecule has 28 heavy (non-hydrogen) atoms. The molecule has 142 valence electrons. The van der Waals surface area contributed by atoms with Crippen LogP contribution in [0.25, 0.3) is 5.69 Å². The second-order valence-electron chi connectivity index (χ2n) is 5.46. The molecule has 0 aliphatic rings. The summed E-state index contributed by atoms with van der Waals surface area (Å²) in [6, 6.07) is 6.04. The number of benzene rings is 2. The van der Waals surface area contributed by atoms with Gasteiger partial charge in [0.05, 0.1) is 11.6 Å². The predicted molar refractivity (Wildman–Crippen MR) is 92.9 cm³/mol. The largest absolute Gasteiger partial charge is 0.472 e. The van der Waals surface area contributed by atoms with Gasteiger partial charge in [-0.05, 0) is 40.2 Å². The smallest absolute Gasteiger partial charge is 0.276 e. The molecule has 0 bridgehead atoms. The van der Waals surface area contributed by atoms with Crippen LogP contribution in [0.5, 0.6) is 5.88 Å². The van der Waals surface area contributed by atoms with Crippen LogP contribution in [0.2, 0.25) is 0 Å². The topological polar surface area (TPSA) is 67.9 Å². The molecular weight excluding hydrogens is 446 g/mol.